The van der Waals surface area contributed by atoms with Crippen LogP contribution in [0.25, 0.3) is 0 Å². The molecule has 6 heteroatoms. The highest BCUT2D eigenvalue weighted by atomic mass is 32.2. The van der Waals surface area contributed by atoms with Gasteiger partial charge in [-0.25, -0.2) is 9.97 Å². The largest absolute Gasteiger partial charge is 0.310 e. The van der Waals surface area contributed by atoms with Crippen LogP contribution in [0.2, 0.25) is 0 Å². The molecule has 162 valence electrons. The van der Waals surface area contributed by atoms with Crippen molar-refractivity contribution in [3.63, 3.8) is 0 Å². The number of anilines is 1. The van der Waals surface area contributed by atoms with E-state index in [0.29, 0.717) is 28.7 Å². The number of aryl methyl sites for hydroxylation is 2. The van der Waals surface area contributed by atoms with Crippen molar-refractivity contribution in [3.8, 4) is 6.07 Å². The molecule has 32 heavy (non-hydrogen) atoms. The van der Waals surface area contributed by atoms with E-state index in [0.717, 1.165) is 36.2 Å². The zero-order chi connectivity index (χ0) is 22.5. The maximum absolute atomic E-state index is 12.9. The van der Waals surface area contributed by atoms with Gasteiger partial charge in [0.2, 0.25) is 5.91 Å². The summed E-state index contributed by atoms with van der Waals surface area (Å²) in [6.45, 7) is 3.86. The number of nitrogens with zero attached hydrogens (tertiary/aromatic N) is 3. The number of amides is 1. The molecule has 0 fully saturated rings. The number of hydrogen-bond donors (Lipinski definition) is 1. The smallest absolute Gasteiger partial charge is 0.239 e. The van der Waals surface area contributed by atoms with E-state index in [2.05, 4.69) is 40.6 Å². The molecule has 4 rings (SSSR count). The molecule has 0 radical (unpaired) electrons. The van der Waals surface area contributed by atoms with Crippen LogP contribution < -0.4 is 5.32 Å². The van der Waals surface area contributed by atoms with E-state index in [1.807, 2.05) is 38.1 Å². The zero-order valence-electron chi connectivity index (χ0n) is 18.3. The van der Waals surface area contributed by atoms with Crippen molar-refractivity contribution in [1.82, 2.24) is 9.97 Å². The number of carbonyl (C=O) groups is 1. The number of thioether (sulfide) groups is 1. The highest BCUT2D eigenvalue weighted by molar-refractivity contribution is 8.00. The maximum atomic E-state index is 12.9. The normalized spacial score (nSPS) is 16.0. The van der Waals surface area contributed by atoms with Gasteiger partial charge in [0.15, 0.2) is 0 Å². The average molecular weight is 443 g/mol. The lowest BCUT2D eigenvalue weighted by Crippen LogP contribution is -2.25. The molecule has 0 spiro atoms. The third-order valence-corrected chi connectivity index (χ3v) is 7.17. The van der Waals surface area contributed by atoms with Crippen molar-refractivity contribution in [2.24, 2.45) is 0 Å². The Balaban J connectivity index is 1.52. The summed E-state index contributed by atoms with van der Waals surface area (Å²) in [5.74, 6) is 0.870. The number of carbonyl (C=O) groups excluding carboxylic acids is 1. The van der Waals surface area contributed by atoms with Crippen molar-refractivity contribution in [2.45, 2.75) is 55.7 Å². The van der Waals surface area contributed by atoms with E-state index in [-0.39, 0.29) is 11.2 Å². The van der Waals surface area contributed by atoms with Gasteiger partial charge in [0.05, 0.1) is 10.8 Å². The molecule has 2 aromatic heterocycles. The molecule has 2 heterocycles. The van der Waals surface area contributed by atoms with E-state index in [1.54, 1.807) is 6.07 Å². The van der Waals surface area contributed by atoms with Gasteiger partial charge in [-0.3, -0.25) is 4.79 Å². The fraction of sp³-hybridized carbons (Fsp3) is 0.308. The highest BCUT2D eigenvalue weighted by Gasteiger charge is 2.26. The van der Waals surface area contributed by atoms with Gasteiger partial charge in [0.25, 0.3) is 0 Å². The van der Waals surface area contributed by atoms with Crippen LogP contribution in [0, 0.1) is 18.3 Å². The Kier molecular flexibility index (Phi) is 6.87. The Morgan fingerprint density at radius 2 is 2.03 bits per heavy atom. The average Bonchev–Trinajstić information content (AvgIpc) is 2.82. The molecule has 1 aliphatic carbocycles. The van der Waals surface area contributed by atoms with E-state index in [9.17, 15) is 10.1 Å². The standard InChI is InChI=1S/C26H26N4OS/c1-3-23(25(31)30-24-11-7-8-17(2)28-24)32-26-21(16-27)15-20-14-19(12-13-22(20)29-26)18-9-5-4-6-10-18/h4-11,15,19,23H,3,12-14H2,1-2H3,(H,28,30,31). The fourth-order valence-electron chi connectivity index (χ4n) is 4.10. The summed E-state index contributed by atoms with van der Waals surface area (Å²) in [6, 6.07) is 20.3. The number of pyridine rings is 2. The lowest BCUT2D eigenvalue weighted by Gasteiger charge is -2.25. The van der Waals surface area contributed by atoms with Crippen molar-refractivity contribution in [1.29, 1.82) is 5.26 Å². The molecule has 1 aliphatic rings. The molecule has 2 unspecified atom stereocenters. The Morgan fingerprint density at radius 1 is 1.22 bits per heavy atom. The quantitative estimate of drug-likeness (QED) is 0.514. The second kappa shape index (κ2) is 9.97. The van der Waals surface area contributed by atoms with Gasteiger partial charge in [0.1, 0.15) is 16.9 Å². The van der Waals surface area contributed by atoms with Crippen molar-refractivity contribution < 1.29 is 4.79 Å². The third kappa shape index (κ3) is 5.00. The van der Waals surface area contributed by atoms with Crippen molar-refractivity contribution >= 4 is 23.5 Å². The summed E-state index contributed by atoms with van der Waals surface area (Å²) >= 11 is 1.37. The van der Waals surface area contributed by atoms with Gasteiger partial charge < -0.3 is 5.32 Å². The molecule has 0 bridgehead atoms. The van der Waals surface area contributed by atoms with Crippen LogP contribution in [0.15, 0.2) is 59.6 Å². The summed E-state index contributed by atoms with van der Waals surface area (Å²) < 4.78 is 0. The van der Waals surface area contributed by atoms with Crippen molar-refractivity contribution in [2.75, 3.05) is 5.32 Å². The maximum Gasteiger partial charge on any atom is 0.239 e. The van der Waals surface area contributed by atoms with Crippen LogP contribution in [0.5, 0.6) is 0 Å². The Morgan fingerprint density at radius 3 is 2.75 bits per heavy atom. The number of nitrogens with one attached hydrogen (secondary N) is 1. The summed E-state index contributed by atoms with van der Waals surface area (Å²) in [5, 5.41) is 13.0. The fourth-order valence-corrected chi connectivity index (χ4v) is 5.10. The number of nitriles is 1. The third-order valence-electron chi connectivity index (χ3n) is 5.80. The minimum Gasteiger partial charge on any atom is -0.310 e. The molecule has 3 aromatic rings. The van der Waals surface area contributed by atoms with Crippen LogP contribution in [-0.4, -0.2) is 21.1 Å². The monoisotopic (exact) mass is 442 g/mol. The molecular weight excluding hydrogens is 416 g/mol. The first-order chi connectivity index (χ1) is 15.6. The number of fused-ring (bicyclic) bond motifs is 1. The topological polar surface area (TPSA) is 78.7 Å². The number of benzene rings is 1. The molecule has 1 amide bonds. The Labute approximate surface area is 193 Å². The van der Waals surface area contributed by atoms with Crippen LogP contribution in [0.3, 0.4) is 0 Å². The molecule has 0 saturated heterocycles. The van der Waals surface area contributed by atoms with Crippen molar-refractivity contribution in [3.05, 3.63) is 82.7 Å². The highest BCUT2D eigenvalue weighted by Crippen LogP contribution is 2.35. The van der Waals surface area contributed by atoms with E-state index < -0.39 is 0 Å². The van der Waals surface area contributed by atoms with Crippen LogP contribution in [0.1, 0.15) is 53.8 Å². The molecule has 5 nitrogen and oxygen atoms in total. The molecule has 1 aromatic carbocycles. The van der Waals surface area contributed by atoms with E-state index >= 15 is 0 Å². The van der Waals surface area contributed by atoms with Gasteiger partial charge in [0, 0.05) is 11.4 Å². The first kappa shape index (κ1) is 22.0. The Hall–Kier alpha value is -3.17. The van der Waals surface area contributed by atoms with Gasteiger partial charge >= 0.3 is 0 Å². The molecule has 0 saturated carbocycles. The molecular formula is C26H26N4OS. The summed E-state index contributed by atoms with van der Waals surface area (Å²) in [6.07, 6.45) is 3.44. The van der Waals surface area contributed by atoms with E-state index in [1.165, 1.54) is 17.3 Å². The number of hydrogen-bond acceptors (Lipinski definition) is 5. The first-order valence-electron chi connectivity index (χ1n) is 11.0. The summed E-state index contributed by atoms with van der Waals surface area (Å²) in [7, 11) is 0. The SMILES string of the molecule is CCC(Sc1nc2c(cc1C#N)CC(c1ccccc1)CC2)C(=O)Nc1cccc(C)n1. The second-order valence-corrected chi connectivity index (χ2v) is 9.27. The van der Waals surface area contributed by atoms with Gasteiger partial charge in [-0.15, -0.1) is 0 Å². The summed E-state index contributed by atoms with van der Waals surface area (Å²) in [5.41, 5.74) is 4.92. The predicted octanol–water partition coefficient (Wildman–Crippen LogP) is 5.44. The first-order valence-corrected chi connectivity index (χ1v) is 11.8. The lowest BCUT2D eigenvalue weighted by molar-refractivity contribution is -0.115. The molecule has 1 N–H and O–H groups in total. The Bertz CT molecular complexity index is 1160. The van der Waals surface area contributed by atoms with Crippen LogP contribution in [0.4, 0.5) is 5.82 Å². The second-order valence-electron chi connectivity index (χ2n) is 8.08. The lowest BCUT2D eigenvalue weighted by atomic mass is 9.82. The molecule has 2 atom stereocenters. The predicted molar refractivity (Wildman–Crippen MR) is 128 cm³/mol. The number of rotatable bonds is 6. The minimum atomic E-state index is -0.351. The summed E-state index contributed by atoms with van der Waals surface area (Å²) in [4.78, 5) is 22.1. The zero-order valence-corrected chi connectivity index (χ0v) is 19.2. The van der Waals surface area contributed by atoms with Gasteiger partial charge in [-0.1, -0.05) is 55.1 Å². The van der Waals surface area contributed by atoms with Gasteiger partial charge in [-0.05, 0) is 67.9 Å². The number of aromatic nitrogens is 2. The van der Waals surface area contributed by atoms with Gasteiger partial charge in [-0.2, -0.15) is 5.26 Å². The molecule has 0 aliphatic heterocycles. The van der Waals surface area contributed by atoms with Crippen LogP contribution >= 0.6 is 11.8 Å². The van der Waals surface area contributed by atoms with Crippen LogP contribution in [-0.2, 0) is 17.6 Å². The minimum absolute atomic E-state index is 0.122. The van der Waals surface area contributed by atoms with E-state index in [4.69, 9.17) is 4.98 Å².